The highest BCUT2D eigenvalue weighted by Gasteiger charge is 2.32. The molecule has 2 aromatic carbocycles. The number of hydrogen-bond donors (Lipinski definition) is 1. The molecule has 3 heterocycles. The number of carbonyl (C=O) groups excluding carboxylic acids is 2. The number of aromatic amines is 1. The molecule has 2 aromatic heterocycles. The van der Waals surface area contributed by atoms with Gasteiger partial charge in [-0.3, -0.25) is 9.59 Å². The van der Waals surface area contributed by atoms with Crippen LogP contribution in [0.25, 0.3) is 16.7 Å². The van der Waals surface area contributed by atoms with E-state index >= 15 is 0 Å². The summed E-state index contributed by atoms with van der Waals surface area (Å²) in [5.74, 6) is 0.280. The maximum absolute atomic E-state index is 13.1. The number of piperidine rings is 1. The van der Waals surface area contributed by atoms with E-state index in [0.717, 1.165) is 35.4 Å². The van der Waals surface area contributed by atoms with Crippen LogP contribution in [-0.2, 0) is 4.79 Å². The predicted molar refractivity (Wildman–Crippen MR) is 122 cm³/mol. The van der Waals surface area contributed by atoms with Crippen LogP contribution in [0.4, 0.5) is 0 Å². The van der Waals surface area contributed by atoms with Crippen LogP contribution < -0.4 is 0 Å². The summed E-state index contributed by atoms with van der Waals surface area (Å²) in [6.45, 7) is 4.69. The van der Waals surface area contributed by atoms with Gasteiger partial charge in [0.1, 0.15) is 5.82 Å². The number of para-hydroxylation sites is 3. The zero-order chi connectivity index (χ0) is 22.2. The highest BCUT2D eigenvalue weighted by atomic mass is 16.2. The number of imidazole rings is 1. The molecule has 0 radical (unpaired) electrons. The predicted octanol–water partition coefficient (Wildman–Crippen LogP) is 3.95. The molecular formula is C25H25N5O2. The summed E-state index contributed by atoms with van der Waals surface area (Å²) in [5, 5.41) is 4.51. The third kappa shape index (κ3) is 3.49. The number of benzene rings is 2. The number of fused-ring (bicyclic) bond motifs is 1. The van der Waals surface area contributed by atoms with Gasteiger partial charge in [0.15, 0.2) is 0 Å². The molecule has 0 spiro atoms. The van der Waals surface area contributed by atoms with Crippen LogP contribution in [0.15, 0.2) is 54.6 Å². The van der Waals surface area contributed by atoms with Crippen LogP contribution in [0, 0.1) is 13.8 Å². The smallest absolute Gasteiger partial charge is 0.295 e. The van der Waals surface area contributed by atoms with Gasteiger partial charge < -0.3 is 9.88 Å². The maximum Gasteiger partial charge on any atom is 0.295 e. The van der Waals surface area contributed by atoms with Gasteiger partial charge in [-0.25, -0.2) is 9.67 Å². The number of Topliss-reactive ketones (excluding diaryl/α,β-unsaturated/α-hetero) is 1. The minimum atomic E-state index is -0.482. The molecule has 1 amide bonds. The Kier molecular flexibility index (Phi) is 5.09. The van der Waals surface area contributed by atoms with Crippen molar-refractivity contribution in [1.29, 1.82) is 0 Å². The molecule has 0 aliphatic carbocycles. The van der Waals surface area contributed by atoms with Crippen LogP contribution in [0.2, 0.25) is 0 Å². The van der Waals surface area contributed by atoms with Gasteiger partial charge >= 0.3 is 0 Å². The van der Waals surface area contributed by atoms with Crippen LogP contribution >= 0.6 is 0 Å². The fourth-order valence-corrected chi connectivity index (χ4v) is 4.56. The maximum atomic E-state index is 13.1. The quantitative estimate of drug-likeness (QED) is 0.395. The van der Waals surface area contributed by atoms with Crippen molar-refractivity contribution in [1.82, 2.24) is 24.6 Å². The minimum Gasteiger partial charge on any atom is -0.342 e. The lowest BCUT2D eigenvalue weighted by molar-refractivity contribution is -0.127. The number of aryl methyl sites for hydroxylation is 1. The summed E-state index contributed by atoms with van der Waals surface area (Å²) in [5.41, 5.74) is 4.51. The summed E-state index contributed by atoms with van der Waals surface area (Å²) >= 11 is 0. The van der Waals surface area contributed by atoms with Crippen LogP contribution in [-0.4, -0.2) is 49.4 Å². The lowest BCUT2D eigenvalue weighted by Crippen LogP contribution is -2.42. The number of rotatable bonds is 4. The van der Waals surface area contributed by atoms with E-state index in [1.165, 1.54) is 0 Å². The molecule has 0 unspecified atom stereocenters. The summed E-state index contributed by atoms with van der Waals surface area (Å²) in [7, 11) is 0. The molecule has 5 rings (SSSR count). The molecule has 1 aliphatic heterocycles. The third-order valence-electron chi connectivity index (χ3n) is 6.29. The largest absolute Gasteiger partial charge is 0.342 e. The molecule has 4 aromatic rings. The number of carbonyl (C=O) groups is 2. The molecule has 0 bridgehead atoms. The number of amides is 1. The topological polar surface area (TPSA) is 83.9 Å². The van der Waals surface area contributed by atoms with E-state index in [1.807, 2.05) is 61.5 Å². The van der Waals surface area contributed by atoms with Crippen molar-refractivity contribution < 1.29 is 9.59 Å². The second-order valence-electron chi connectivity index (χ2n) is 8.33. The Morgan fingerprint density at radius 1 is 0.969 bits per heavy atom. The molecule has 7 heteroatoms. The van der Waals surface area contributed by atoms with Crippen molar-refractivity contribution >= 4 is 22.7 Å². The second-order valence-corrected chi connectivity index (χ2v) is 8.33. The lowest BCUT2D eigenvalue weighted by Gasteiger charge is -2.30. The SMILES string of the molecule is Cc1nn(-c2ccccc2)c(C)c1C(=O)C(=O)N1CCC(c2nc3ccccc3[nH]2)CC1. The Bertz CT molecular complexity index is 1260. The van der Waals surface area contributed by atoms with Crippen LogP contribution in [0.3, 0.4) is 0 Å². The van der Waals surface area contributed by atoms with Gasteiger partial charge in [0.25, 0.3) is 11.7 Å². The van der Waals surface area contributed by atoms with Gasteiger partial charge in [-0.15, -0.1) is 0 Å². The third-order valence-corrected chi connectivity index (χ3v) is 6.29. The minimum absolute atomic E-state index is 0.255. The fraction of sp³-hybridized carbons (Fsp3) is 0.280. The highest BCUT2D eigenvalue weighted by molar-refractivity contribution is 6.43. The number of nitrogens with one attached hydrogen (secondary N) is 1. The molecule has 1 N–H and O–H groups in total. The number of hydrogen-bond acceptors (Lipinski definition) is 4. The molecule has 32 heavy (non-hydrogen) atoms. The number of ketones is 1. The molecule has 162 valence electrons. The molecular weight excluding hydrogens is 402 g/mol. The number of aromatic nitrogens is 4. The normalized spacial score (nSPS) is 14.8. The number of nitrogens with zero attached hydrogens (tertiary/aromatic N) is 4. The summed E-state index contributed by atoms with van der Waals surface area (Å²) in [4.78, 5) is 36.0. The molecule has 0 atom stereocenters. The number of H-pyrrole nitrogens is 1. The summed E-state index contributed by atoms with van der Waals surface area (Å²) in [6, 6.07) is 17.6. The Labute approximate surface area is 186 Å². The standard InChI is InChI=1S/C25H25N5O2/c1-16-22(17(2)30(28-16)19-8-4-3-5-9-19)23(31)25(32)29-14-12-18(13-15-29)24-26-20-10-6-7-11-21(20)27-24/h3-11,18H,12-15H2,1-2H3,(H,26,27). The summed E-state index contributed by atoms with van der Waals surface area (Å²) < 4.78 is 1.73. The van der Waals surface area contributed by atoms with Crippen molar-refractivity contribution in [3.8, 4) is 5.69 Å². The van der Waals surface area contributed by atoms with Gasteiger partial charge in [0.2, 0.25) is 0 Å². The lowest BCUT2D eigenvalue weighted by atomic mass is 9.95. The van der Waals surface area contributed by atoms with Gasteiger partial charge in [-0.05, 0) is 51.0 Å². The van der Waals surface area contributed by atoms with E-state index in [1.54, 1.807) is 16.5 Å². The Hall–Kier alpha value is -3.74. The van der Waals surface area contributed by atoms with Crippen molar-refractivity contribution in [2.24, 2.45) is 0 Å². The van der Waals surface area contributed by atoms with E-state index in [9.17, 15) is 9.59 Å². The monoisotopic (exact) mass is 427 g/mol. The Balaban J connectivity index is 1.30. The van der Waals surface area contributed by atoms with Crippen molar-refractivity contribution in [3.63, 3.8) is 0 Å². The zero-order valence-corrected chi connectivity index (χ0v) is 18.2. The van der Waals surface area contributed by atoms with Crippen molar-refractivity contribution in [2.45, 2.75) is 32.6 Å². The van der Waals surface area contributed by atoms with E-state index in [0.29, 0.717) is 30.0 Å². The molecule has 0 saturated carbocycles. The Morgan fingerprint density at radius 2 is 1.66 bits per heavy atom. The first-order valence-electron chi connectivity index (χ1n) is 10.9. The first-order chi connectivity index (χ1) is 15.5. The average molecular weight is 428 g/mol. The summed E-state index contributed by atoms with van der Waals surface area (Å²) in [6.07, 6.45) is 1.56. The van der Waals surface area contributed by atoms with Gasteiger partial charge in [0.05, 0.1) is 33.7 Å². The van der Waals surface area contributed by atoms with Crippen molar-refractivity contribution in [3.05, 3.63) is 77.4 Å². The molecule has 1 aliphatic rings. The first kappa shape index (κ1) is 20.2. The van der Waals surface area contributed by atoms with Gasteiger partial charge in [0, 0.05) is 19.0 Å². The Morgan fingerprint density at radius 3 is 2.38 bits per heavy atom. The van der Waals surface area contributed by atoms with Gasteiger partial charge in [-0.2, -0.15) is 5.10 Å². The first-order valence-corrected chi connectivity index (χ1v) is 10.9. The average Bonchev–Trinajstić information content (AvgIpc) is 3.39. The van der Waals surface area contributed by atoms with E-state index in [4.69, 9.17) is 4.98 Å². The van der Waals surface area contributed by atoms with E-state index in [2.05, 4.69) is 10.1 Å². The van der Waals surface area contributed by atoms with Crippen molar-refractivity contribution in [2.75, 3.05) is 13.1 Å². The molecule has 1 saturated heterocycles. The zero-order valence-electron chi connectivity index (χ0n) is 18.2. The fourth-order valence-electron chi connectivity index (χ4n) is 4.56. The second kappa shape index (κ2) is 8.07. The van der Waals surface area contributed by atoms with Crippen LogP contribution in [0.1, 0.15) is 46.3 Å². The molecule has 7 nitrogen and oxygen atoms in total. The van der Waals surface area contributed by atoms with E-state index in [-0.39, 0.29) is 5.92 Å². The van der Waals surface area contributed by atoms with Gasteiger partial charge in [-0.1, -0.05) is 30.3 Å². The van der Waals surface area contributed by atoms with Crippen LogP contribution in [0.5, 0.6) is 0 Å². The highest BCUT2D eigenvalue weighted by Crippen LogP contribution is 2.28. The van der Waals surface area contributed by atoms with E-state index < -0.39 is 11.7 Å². The molecule has 1 fully saturated rings. The number of likely N-dealkylation sites (tertiary alicyclic amines) is 1.